The van der Waals surface area contributed by atoms with Crippen LogP contribution in [0.3, 0.4) is 0 Å². The molecule has 0 amide bonds. The number of phosphoric ester groups is 2. The molecule has 96 heavy (non-hydrogen) atoms. The van der Waals surface area contributed by atoms with Crippen LogP contribution in [-0.4, -0.2) is 96.7 Å². The number of aliphatic hydroxyl groups is 1. The molecule has 3 unspecified atom stereocenters. The second-order valence-electron chi connectivity index (χ2n) is 29.7. The fourth-order valence-corrected chi connectivity index (χ4v) is 13.3. The van der Waals surface area contributed by atoms with Gasteiger partial charge in [-0.15, -0.1) is 0 Å². The van der Waals surface area contributed by atoms with Gasteiger partial charge in [0.2, 0.25) is 0 Å². The average Bonchev–Trinajstić information content (AvgIpc) is 1.17. The Kier molecular flexibility index (Phi) is 65.0. The molecule has 19 heteroatoms. The first-order valence-electron chi connectivity index (χ1n) is 39.7. The van der Waals surface area contributed by atoms with Crippen LogP contribution in [0.25, 0.3) is 0 Å². The van der Waals surface area contributed by atoms with E-state index < -0.39 is 97.5 Å². The molecule has 0 saturated heterocycles. The molecule has 0 saturated carbocycles. The zero-order chi connectivity index (χ0) is 71.0. The van der Waals surface area contributed by atoms with Gasteiger partial charge in [-0.2, -0.15) is 0 Å². The van der Waals surface area contributed by atoms with E-state index in [-0.39, 0.29) is 25.7 Å². The Balaban J connectivity index is 5.22. The summed E-state index contributed by atoms with van der Waals surface area (Å²) < 4.78 is 68.5. The molecule has 0 rings (SSSR count). The van der Waals surface area contributed by atoms with E-state index in [0.29, 0.717) is 37.5 Å². The van der Waals surface area contributed by atoms with Crippen molar-refractivity contribution in [2.45, 2.75) is 408 Å². The third-order valence-corrected chi connectivity index (χ3v) is 19.7. The van der Waals surface area contributed by atoms with Crippen molar-refractivity contribution in [2.75, 3.05) is 39.6 Å². The Hall–Kier alpha value is -1.94. The maximum Gasteiger partial charge on any atom is 0.472 e. The fraction of sp³-hybridized carbons (Fsp3) is 0.948. The van der Waals surface area contributed by atoms with Gasteiger partial charge >= 0.3 is 39.5 Å². The Morgan fingerprint density at radius 3 is 0.646 bits per heavy atom. The molecule has 0 heterocycles. The van der Waals surface area contributed by atoms with Gasteiger partial charge in [0.1, 0.15) is 19.3 Å². The standard InChI is InChI=1S/C77H150O17P2/c1-67(2)53-45-37-29-23-19-15-11-9-10-12-18-22-26-34-43-51-59-76(81)93-72(63-87-74(79)57-49-41-33-25-21-17-14-13-16-20-24-30-38-46-54-68(3)4)65-91-95(83,84)89-61-71(78)62-90-96(85,86)92-66-73(94-77(82)60-52-44-36-28-32-40-48-56-70(7)8)64-88-75(80)58-50-42-35-27-31-39-47-55-69(5)6/h67-73,78H,9-66H2,1-8H3,(H,83,84)(H,85,86)/t71?,72-,73-/m1/s1. The third kappa shape index (κ3) is 70.5. The average molecular weight is 1410 g/mol. The van der Waals surface area contributed by atoms with Crippen LogP contribution in [0, 0.1) is 23.7 Å². The summed E-state index contributed by atoms with van der Waals surface area (Å²) in [7, 11) is -9.91. The lowest BCUT2D eigenvalue weighted by Gasteiger charge is -2.21. The SMILES string of the molecule is CC(C)CCCCCCCCCCCCCCCCCCC(=O)O[C@H](COC(=O)CCCCCCCCCCCCCCCCC(C)C)COP(=O)(O)OCC(O)COP(=O)(O)OC[C@@H](COC(=O)CCCCCCCCCC(C)C)OC(=O)CCCCCCCCCC(C)C. The molecule has 0 aromatic rings. The molecule has 0 aromatic carbocycles. The molecule has 0 aliphatic rings. The van der Waals surface area contributed by atoms with Crippen molar-refractivity contribution in [1.29, 1.82) is 0 Å². The highest BCUT2D eigenvalue weighted by Gasteiger charge is 2.30. The molecule has 3 N–H and O–H groups in total. The Morgan fingerprint density at radius 2 is 0.438 bits per heavy atom. The van der Waals surface area contributed by atoms with Crippen molar-refractivity contribution in [2.24, 2.45) is 23.7 Å². The summed E-state index contributed by atoms with van der Waals surface area (Å²) in [5.74, 6) is 0.887. The number of esters is 4. The van der Waals surface area contributed by atoms with Crippen molar-refractivity contribution in [3.8, 4) is 0 Å². The Morgan fingerprint density at radius 1 is 0.260 bits per heavy atom. The maximum absolute atomic E-state index is 13.1. The summed E-state index contributed by atoms with van der Waals surface area (Å²) >= 11 is 0. The number of unbranched alkanes of at least 4 members (excludes halogenated alkanes) is 40. The fourth-order valence-electron chi connectivity index (χ4n) is 11.7. The molecule has 0 aliphatic heterocycles. The van der Waals surface area contributed by atoms with E-state index in [1.807, 2.05) is 0 Å². The predicted octanol–water partition coefficient (Wildman–Crippen LogP) is 22.4. The molecular weight excluding hydrogens is 1260 g/mol. The predicted molar refractivity (Wildman–Crippen MR) is 391 cm³/mol. The van der Waals surface area contributed by atoms with Crippen LogP contribution >= 0.6 is 15.6 Å². The van der Waals surface area contributed by atoms with Crippen LogP contribution in [0.1, 0.15) is 389 Å². The number of carbonyl (C=O) groups excluding carboxylic acids is 4. The zero-order valence-corrected chi connectivity index (χ0v) is 64.8. The first-order chi connectivity index (χ1) is 46.1. The zero-order valence-electron chi connectivity index (χ0n) is 63.0. The first-order valence-corrected chi connectivity index (χ1v) is 42.7. The lowest BCUT2D eigenvalue weighted by atomic mass is 10.0. The molecule has 0 spiro atoms. The van der Waals surface area contributed by atoms with Gasteiger partial charge in [-0.25, -0.2) is 9.13 Å². The lowest BCUT2D eigenvalue weighted by Crippen LogP contribution is -2.30. The van der Waals surface area contributed by atoms with Crippen LogP contribution in [0.15, 0.2) is 0 Å². The largest absolute Gasteiger partial charge is 0.472 e. The topological polar surface area (TPSA) is 237 Å². The molecular formula is C77H150O17P2. The van der Waals surface area contributed by atoms with Crippen molar-refractivity contribution in [3.63, 3.8) is 0 Å². The quantitative estimate of drug-likeness (QED) is 0.0222. The summed E-state index contributed by atoms with van der Waals surface area (Å²) in [5, 5.41) is 10.6. The van der Waals surface area contributed by atoms with Crippen molar-refractivity contribution in [1.82, 2.24) is 0 Å². The van der Waals surface area contributed by atoms with Gasteiger partial charge in [-0.1, -0.05) is 338 Å². The minimum absolute atomic E-state index is 0.102. The number of phosphoric acid groups is 2. The summed E-state index contributed by atoms with van der Waals surface area (Å²) in [6.07, 6.45) is 51.6. The maximum atomic E-state index is 13.1. The highest BCUT2D eigenvalue weighted by Crippen LogP contribution is 2.45. The summed E-state index contributed by atoms with van der Waals surface area (Å²) in [6, 6.07) is 0. The van der Waals surface area contributed by atoms with Gasteiger partial charge < -0.3 is 33.8 Å². The van der Waals surface area contributed by atoms with Crippen molar-refractivity contribution >= 4 is 39.5 Å². The first kappa shape index (κ1) is 94.1. The molecule has 570 valence electrons. The van der Waals surface area contributed by atoms with Crippen molar-refractivity contribution < 1.29 is 80.2 Å². The minimum Gasteiger partial charge on any atom is -0.462 e. The summed E-state index contributed by atoms with van der Waals surface area (Å²) in [4.78, 5) is 72.8. The van der Waals surface area contributed by atoms with Crippen LogP contribution in [0.2, 0.25) is 0 Å². The minimum atomic E-state index is -4.96. The van der Waals surface area contributed by atoms with E-state index >= 15 is 0 Å². The molecule has 0 aromatic heterocycles. The van der Waals surface area contributed by atoms with Crippen molar-refractivity contribution in [3.05, 3.63) is 0 Å². The van der Waals surface area contributed by atoms with E-state index in [2.05, 4.69) is 55.4 Å². The number of ether oxygens (including phenoxy) is 4. The van der Waals surface area contributed by atoms with Gasteiger partial charge in [0, 0.05) is 25.7 Å². The molecule has 0 radical (unpaired) electrons. The number of carbonyl (C=O) groups is 4. The van der Waals surface area contributed by atoms with Gasteiger partial charge in [0.05, 0.1) is 26.4 Å². The molecule has 17 nitrogen and oxygen atoms in total. The van der Waals surface area contributed by atoms with E-state index in [4.69, 9.17) is 37.0 Å². The second kappa shape index (κ2) is 66.3. The van der Waals surface area contributed by atoms with Crippen LogP contribution < -0.4 is 0 Å². The highest BCUT2D eigenvalue weighted by atomic mass is 31.2. The second-order valence-corrected chi connectivity index (χ2v) is 32.6. The number of rotatable bonds is 74. The lowest BCUT2D eigenvalue weighted by molar-refractivity contribution is -0.161. The Bertz CT molecular complexity index is 1880. The number of hydrogen-bond acceptors (Lipinski definition) is 15. The van der Waals surface area contributed by atoms with Gasteiger partial charge in [0.15, 0.2) is 12.2 Å². The van der Waals surface area contributed by atoms with Gasteiger partial charge in [-0.05, 0) is 49.4 Å². The monoisotopic (exact) mass is 1410 g/mol. The van der Waals surface area contributed by atoms with Crippen LogP contribution in [0.5, 0.6) is 0 Å². The molecule has 5 atom stereocenters. The Labute approximate surface area is 588 Å². The smallest absolute Gasteiger partial charge is 0.462 e. The van der Waals surface area contributed by atoms with Crippen LogP contribution in [0.4, 0.5) is 0 Å². The van der Waals surface area contributed by atoms with Gasteiger partial charge in [0.25, 0.3) is 0 Å². The highest BCUT2D eigenvalue weighted by molar-refractivity contribution is 7.47. The van der Waals surface area contributed by atoms with E-state index in [0.717, 1.165) is 108 Å². The van der Waals surface area contributed by atoms with E-state index in [1.165, 1.54) is 186 Å². The number of hydrogen-bond donors (Lipinski definition) is 3. The molecule has 0 bridgehead atoms. The van der Waals surface area contributed by atoms with Gasteiger partial charge in [-0.3, -0.25) is 37.3 Å². The summed E-state index contributed by atoms with van der Waals surface area (Å²) in [5.41, 5.74) is 0. The van der Waals surface area contributed by atoms with E-state index in [1.54, 1.807) is 0 Å². The normalized spacial score (nSPS) is 14.1. The van der Waals surface area contributed by atoms with Crippen LogP contribution in [-0.2, 0) is 65.4 Å². The molecule has 0 aliphatic carbocycles. The number of aliphatic hydroxyl groups excluding tert-OH is 1. The third-order valence-electron chi connectivity index (χ3n) is 17.8. The van der Waals surface area contributed by atoms with E-state index in [9.17, 15) is 43.2 Å². The summed E-state index contributed by atoms with van der Waals surface area (Å²) in [6.45, 7) is 14.1. The molecule has 0 fully saturated rings.